The summed E-state index contributed by atoms with van der Waals surface area (Å²) in [5.74, 6) is 0. The van der Waals surface area contributed by atoms with E-state index < -0.39 is 0 Å². The quantitative estimate of drug-likeness (QED) is 0.836. The molecule has 0 atom stereocenters. The van der Waals surface area contributed by atoms with Gasteiger partial charge in [-0.05, 0) is 12.8 Å². The summed E-state index contributed by atoms with van der Waals surface area (Å²) >= 11 is 1.77. The Morgan fingerprint density at radius 3 is 2.71 bits per heavy atom. The largest absolute Gasteiger partial charge is 0.298 e. The second-order valence-corrected chi connectivity index (χ2v) is 6.84. The molecule has 1 heterocycles. The number of nitrogens with zero attached hydrogens (tertiary/aromatic N) is 1. The molecule has 2 rings (SSSR count). The standard InChI is InChI=1S/C13H22N2OS/c1-13(2,3)12-14-8-11(17-12)9-15-16-10-6-4-5-7-10/h8,10,15H,4-7,9H2,1-3H3. The van der Waals surface area contributed by atoms with E-state index >= 15 is 0 Å². The fourth-order valence-corrected chi connectivity index (χ4v) is 2.87. The van der Waals surface area contributed by atoms with Crippen LogP contribution in [0.25, 0.3) is 0 Å². The van der Waals surface area contributed by atoms with Crippen molar-refractivity contribution in [3.8, 4) is 0 Å². The van der Waals surface area contributed by atoms with Crippen LogP contribution in [-0.2, 0) is 16.8 Å². The van der Waals surface area contributed by atoms with Gasteiger partial charge in [-0.15, -0.1) is 11.3 Å². The molecule has 0 aliphatic heterocycles. The van der Waals surface area contributed by atoms with Crippen LogP contribution in [0.1, 0.15) is 56.3 Å². The molecule has 0 amide bonds. The second-order valence-electron chi connectivity index (χ2n) is 5.73. The summed E-state index contributed by atoms with van der Waals surface area (Å²) in [6.45, 7) is 7.35. The monoisotopic (exact) mass is 254 g/mol. The molecule has 0 bridgehead atoms. The van der Waals surface area contributed by atoms with Crippen molar-refractivity contribution in [2.45, 2.75) is 64.5 Å². The van der Waals surface area contributed by atoms with Crippen molar-refractivity contribution < 1.29 is 4.84 Å². The predicted octanol–water partition coefficient (Wildman–Crippen LogP) is 3.40. The molecule has 96 valence electrons. The van der Waals surface area contributed by atoms with Crippen LogP contribution in [0.3, 0.4) is 0 Å². The molecule has 1 N–H and O–H groups in total. The molecule has 1 aliphatic carbocycles. The topological polar surface area (TPSA) is 34.2 Å². The summed E-state index contributed by atoms with van der Waals surface area (Å²) in [6, 6.07) is 0. The molecular formula is C13H22N2OS. The van der Waals surface area contributed by atoms with E-state index in [1.54, 1.807) is 11.3 Å². The third-order valence-electron chi connectivity index (χ3n) is 2.99. The first-order valence-electron chi connectivity index (χ1n) is 6.39. The zero-order chi connectivity index (χ0) is 12.3. The highest BCUT2D eigenvalue weighted by atomic mass is 32.1. The van der Waals surface area contributed by atoms with E-state index in [0.29, 0.717) is 6.10 Å². The van der Waals surface area contributed by atoms with E-state index in [1.807, 2.05) is 6.20 Å². The lowest BCUT2D eigenvalue weighted by Crippen LogP contribution is -2.20. The fraction of sp³-hybridized carbons (Fsp3) is 0.769. The molecule has 1 saturated carbocycles. The summed E-state index contributed by atoms with van der Waals surface area (Å²) < 4.78 is 0. The molecule has 0 aromatic carbocycles. The van der Waals surface area contributed by atoms with Crippen LogP contribution in [0.4, 0.5) is 0 Å². The van der Waals surface area contributed by atoms with Crippen molar-refractivity contribution in [3.63, 3.8) is 0 Å². The Morgan fingerprint density at radius 1 is 1.41 bits per heavy atom. The third kappa shape index (κ3) is 3.76. The molecule has 1 aromatic heterocycles. The highest BCUT2D eigenvalue weighted by Gasteiger charge is 2.18. The van der Waals surface area contributed by atoms with Gasteiger partial charge in [-0.1, -0.05) is 33.6 Å². The Kier molecular flexibility index (Phi) is 4.17. The Balaban J connectivity index is 1.77. The predicted molar refractivity (Wildman–Crippen MR) is 71.0 cm³/mol. The Labute approximate surface area is 108 Å². The highest BCUT2D eigenvalue weighted by molar-refractivity contribution is 7.11. The average molecular weight is 254 g/mol. The van der Waals surface area contributed by atoms with Gasteiger partial charge >= 0.3 is 0 Å². The molecule has 1 aliphatic rings. The molecular weight excluding hydrogens is 232 g/mol. The highest BCUT2D eigenvalue weighted by Crippen LogP contribution is 2.26. The minimum Gasteiger partial charge on any atom is -0.298 e. The van der Waals surface area contributed by atoms with Gasteiger partial charge in [0.1, 0.15) is 0 Å². The van der Waals surface area contributed by atoms with Crippen LogP contribution in [0.15, 0.2) is 6.20 Å². The van der Waals surface area contributed by atoms with Gasteiger partial charge in [0.15, 0.2) is 0 Å². The maximum atomic E-state index is 5.63. The van der Waals surface area contributed by atoms with Gasteiger partial charge in [-0.2, -0.15) is 5.48 Å². The third-order valence-corrected chi connectivity index (χ3v) is 4.42. The van der Waals surface area contributed by atoms with E-state index in [9.17, 15) is 0 Å². The first-order chi connectivity index (χ1) is 8.05. The van der Waals surface area contributed by atoms with E-state index in [2.05, 4.69) is 31.2 Å². The lowest BCUT2D eigenvalue weighted by Gasteiger charge is -2.13. The summed E-state index contributed by atoms with van der Waals surface area (Å²) in [7, 11) is 0. The van der Waals surface area contributed by atoms with Crippen molar-refractivity contribution in [2.24, 2.45) is 0 Å². The summed E-state index contributed by atoms with van der Waals surface area (Å²) in [6.07, 6.45) is 7.38. The van der Waals surface area contributed by atoms with Gasteiger partial charge in [-0.3, -0.25) is 4.84 Å². The number of hydroxylamine groups is 1. The van der Waals surface area contributed by atoms with Crippen LogP contribution >= 0.6 is 11.3 Å². The van der Waals surface area contributed by atoms with Gasteiger partial charge in [-0.25, -0.2) is 4.98 Å². The van der Waals surface area contributed by atoms with Crippen LogP contribution in [0, 0.1) is 0 Å². The molecule has 4 heteroatoms. The van der Waals surface area contributed by atoms with Crippen LogP contribution in [0.5, 0.6) is 0 Å². The molecule has 17 heavy (non-hydrogen) atoms. The maximum Gasteiger partial charge on any atom is 0.0981 e. The van der Waals surface area contributed by atoms with Gasteiger partial charge < -0.3 is 0 Å². The Bertz CT molecular complexity index is 351. The van der Waals surface area contributed by atoms with E-state index in [4.69, 9.17) is 4.84 Å². The SMILES string of the molecule is CC(C)(C)c1ncc(CNOC2CCCC2)s1. The lowest BCUT2D eigenvalue weighted by atomic mass is 9.98. The number of hydrogen-bond acceptors (Lipinski definition) is 4. The summed E-state index contributed by atoms with van der Waals surface area (Å²) in [5.41, 5.74) is 3.23. The molecule has 3 nitrogen and oxygen atoms in total. The first kappa shape index (κ1) is 13.0. The molecule has 0 unspecified atom stereocenters. The zero-order valence-electron chi connectivity index (χ0n) is 11.0. The number of aromatic nitrogens is 1. The Morgan fingerprint density at radius 2 is 2.12 bits per heavy atom. The minimum atomic E-state index is 0.148. The smallest absolute Gasteiger partial charge is 0.0981 e. The number of rotatable bonds is 4. The van der Waals surface area contributed by atoms with Gasteiger partial charge in [0.2, 0.25) is 0 Å². The summed E-state index contributed by atoms with van der Waals surface area (Å²) in [5, 5.41) is 1.19. The van der Waals surface area contributed by atoms with Crippen molar-refractivity contribution in [1.29, 1.82) is 0 Å². The van der Waals surface area contributed by atoms with Crippen LogP contribution < -0.4 is 5.48 Å². The van der Waals surface area contributed by atoms with E-state index in [0.717, 1.165) is 6.54 Å². The minimum absolute atomic E-state index is 0.148. The van der Waals surface area contributed by atoms with E-state index in [1.165, 1.54) is 35.6 Å². The fourth-order valence-electron chi connectivity index (χ4n) is 1.97. The van der Waals surface area contributed by atoms with Gasteiger partial charge in [0, 0.05) is 16.5 Å². The van der Waals surface area contributed by atoms with Crippen molar-refractivity contribution in [3.05, 3.63) is 16.1 Å². The number of thiazole rings is 1. The first-order valence-corrected chi connectivity index (χ1v) is 7.21. The average Bonchev–Trinajstić information content (AvgIpc) is 2.86. The van der Waals surface area contributed by atoms with Crippen LogP contribution in [-0.4, -0.2) is 11.1 Å². The summed E-state index contributed by atoms with van der Waals surface area (Å²) in [4.78, 5) is 11.3. The molecule has 0 saturated heterocycles. The lowest BCUT2D eigenvalue weighted by molar-refractivity contribution is -0.0240. The van der Waals surface area contributed by atoms with Crippen LogP contribution in [0.2, 0.25) is 0 Å². The zero-order valence-corrected chi connectivity index (χ0v) is 11.8. The Hall–Kier alpha value is -0.450. The second kappa shape index (κ2) is 5.46. The van der Waals surface area contributed by atoms with Gasteiger partial charge in [0.25, 0.3) is 0 Å². The molecule has 1 fully saturated rings. The number of hydrogen-bond donors (Lipinski definition) is 1. The van der Waals surface area contributed by atoms with Crippen molar-refractivity contribution >= 4 is 11.3 Å². The number of nitrogens with one attached hydrogen (secondary N) is 1. The molecule has 0 spiro atoms. The van der Waals surface area contributed by atoms with Gasteiger partial charge in [0.05, 0.1) is 17.7 Å². The molecule has 0 radical (unpaired) electrons. The van der Waals surface area contributed by atoms with Crippen molar-refractivity contribution in [2.75, 3.05) is 0 Å². The van der Waals surface area contributed by atoms with E-state index in [-0.39, 0.29) is 5.41 Å². The normalized spacial score (nSPS) is 17.8. The molecule has 1 aromatic rings. The van der Waals surface area contributed by atoms with Crippen molar-refractivity contribution in [1.82, 2.24) is 10.5 Å². The maximum absolute atomic E-state index is 5.63.